The van der Waals surface area contributed by atoms with E-state index in [1.54, 1.807) is 6.07 Å². The smallest absolute Gasteiger partial charge is 0.304 e. The zero-order chi connectivity index (χ0) is 16.4. The van der Waals surface area contributed by atoms with Gasteiger partial charge in [0.05, 0.1) is 11.3 Å². The second-order valence-corrected chi connectivity index (χ2v) is 8.11. The van der Waals surface area contributed by atoms with Crippen molar-refractivity contribution in [3.05, 3.63) is 29.3 Å². The Labute approximate surface area is 136 Å². The Balaban J connectivity index is 1.66. The maximum atomic E-state index is 12.8. The Morgan fingerprint density at radius 1 is 1.09 bits per heavy atom. The Kier molecular flexibility index (Phi) is 4.70. The molecule has 1 aliphatic carbocycles. The monoisotopic (exact) mass is 338 g/mol. The van der Waals surface area contributed by atoms with Crippen molar-refractivity contribution >= 4 is 16.0 Å². The standard InChI is InChI=1S/C16H22N2O4S/c19-16(20)6-7-17-8-10-18(11-9-17)23(21,22)15-5-4-13-2-1-3-14(13)12-15/h4-5,12H,1-3,6-11H2,(H,19,20). The molecule has 1 N–H and O–H groups in total. The number of carboxylic acids is 1. The Bertz CT molecular complexity index is 694. The molecule has 1 fully saturated rings. The molecule has 1 heterocycles. The molecule has 7 heteroatoms. The lowest BCUT2D eigenvalue weighted by Gasteiger charge is -2.33. The topological polar surface area (TPSA) is 77.9 Å². The maximum Gasteiger partial charge on any atom is 0.304 e. The molecule has 1 saturated heterocycles. The lowest BCUT2D eigenvalue weighted by Crippen LogP contribution is -2.48. The molecule has 0 aromatic heterocycles. The molecule has 1 aromatic rings. The fourth-order valence-electron chi connectivity index (χ4n) is 3.30. The van der Waals surface area contributed by atoms with E-state index < -0.39 is 16.0 Å². The fraction of sp³-hybridized carbons (Fsp3) is 0.562. The lowest BCUT2D eigenvalue weighted by molar-refractivity contribution is -0.137. The first kappa shape index (κ1) is 16.4. The van der Waals surface area contributed by atoms with Crippen molar-refractivity contribution in [3.8, 4) is 0 Å². The number of carboxylic acid groups (broad SMARTS) is 1. The minimum absolute atomic E-state index is 0.0948. The molecule has 0 unspecified atom stereocenters. The summed E-state index contributed by atoms with van der Waals surface area (Å²) >= 11 is 0. The molecule has 23 heavy (non-hydrogen) atoms. The van der Waals surface area contributed by atoms with E-state index >= 15 is 0 Å². The molecule has 0 amide bonds. The van der Waals surface area contributed by atoms with Crippen molar-refractivity contribution in [2.45, 2.75) is 30.6 Å². The molecule has 0 atom stereocenters. The summed E-state index contributed by atoms with van der Waals surface area (Å²) in [5.74, 6) is -0.821. The van der Waals surface area contributed by atoms with Gasteiger partial charge in [-0.3, -0.25) is 4.79 Å². The second kappa shape index (κ2) is 6.59. The fourth-order valence-corrected chi connectivity index (χ4v) is 4.78. The zero-order valence-corrected chi connectivity index (χ0v) is 13.9. The zero-order valence-electron chi connectivity index (χ0n) is 13.1. The summed E-state index contributed by atoms with van der Waals surface area (Å²) < 4.78 is 27.1. The molecule has 0 saturated carbocycles. The number of sulfonamides is 1. The molecular formula is C16H22N2O4S. The Hall–Kier alpha value is -1.44. The number of aryl methyl sites for hydroxylation is 2. The minimum Gasteiger partial charge on any atom is -0.481 e. The number of piperazine rings is 1. The highest BCUT2D eigenvalue weighted by Crippen LogP contribution is 2.26. The van der Waals surface area contributed by atoms with Crippen molar-refractivity contribution in [1.82, 2.24) is 9.21 Å². The van der Waals surface area contributed by atoms with E-state index in [9.17, 15) is 13.2 Å². The predicted octanol–water partition coefficient (Wildman–Crippen LogP) is 0.956. The molecule has 126 valence electrons. The van der Waals surface area contributed by atoms with Crippen LogP contribution in [0.15, 0.2) is 23.1 Å². The lowest BCUT2D eigenvalue weighted by atomic mass is 10.1. The first-order valence-electron chi connectivity index (χ1n) is 8.03. The molecule has 0 spiro atoms. The van der Waals surface area contributed by atoms with Gasteiger partial charge < -0.3 is 10.0 Å². The third-order valence-electron chi connectivity index (χ3n) is 4.68. The average molecular weight is 338 g/mol. The summed E-state index contributed by atoms with van der Waals surface area (Å²) in [5, 5.41) is 8.72. The number of benzene rings is 1. The van der Waals surface area contributed by atoms with Gasteiger partial charge in [0.1, 0.15) is 0 Å². The van der Waals surface area contributed by atoms with E-state index in [1.807, 2.05) is 17.0 Å². The number of rotatable bonds is 5. The Morgan fingerprint density at radius 2 is 1.78 bits per heavy atom. The van der Waals surface area contributed by atoms with Crippen LogP contribution in [0.1, 0.15) is 24.0 Å². The van der Waals surface area contributed by atoms with Crippen LogP contribution in [0.3, 0.4) is 0 Å². The summed E-state index contributed by atoms with van der Waals surface area (Å²) in [6.07, 6.45) is 3.19. The number of carbonyl (C=O) groups is 1. The molecule has 6 nitrogen and oxygen atoms in total. The van der Waals surface area contributed by atoms with E-state index in [0.717, 1.165) is 24.8 Å². The summed E-state index contributed by atoms with van der Waals surface area (Å²) in [6, 6.07) is 5.49. The summed E-state index contributed by atoms with van der Waals surface area (Å²) in [6.45, 7) is 2.47. The third-order valence-corrected chi connectivity index (χ3v) is 6.58. The van der Waals surface area contributed by atoms with Crippen LogP contribution in [0.25, 0.3) is 0 Å². The maximum absolute atomic E-state index is 12.8. The van der Waals surface area contributed by atoms with Gasteiger partial charge in [-0.2, -0.15) is 4.31 Å². The Morgan fingerprint density at radius 3 is 2.48 bits per heavy atom. The normalized spacial score (nSPS) is 19.7. The molecule has 1 aliphatic heterocycles. The molecule has 1 aromatic carbocycles. The quantitative estimate of drug-likeness (QED) is 0.865. The largest absolute Gasteiger partial charge is 0.481 e. The summed E-state index contributed by atoms with van der Waals surface area (Å²) in [4.78, 5) is 13.0. The first-order chi connectivity index (χ1) is 11.0. The van der Waals surface area contributed by atoms with E-state index in [4.69, 9.17) is 5.11 Å². The average Bonchev–Trinajstić information content (AvgIpc) is 3.01. The van der Waals surface area contributed by atoms with Crippen LogP contribution in [0.4, 0.5) is 0 Å². The number of hydrogen-bond acceptors (Lipinski definition) is 4. The first-order valence-corrected chi connectivity index (χ1v) is 9.47. The highest BCUT2D eigenvalue weighted by Gasteiger charge is 2.29. The highest BCUT2D eigenvalue weighted by atomic mass is 32.2. The second-order valence-electron chi connectivity index (χ2n) is 6.17. The van der Waals surface area contributed by atoms with Crippen LogP contribution >= 0.6 is 0 Å². The van der Waals surface area contributed by atoms with E-state index in [2.05, 4.69) is 0 Å². The molecule has 0 radical (unpaired) electrons. The number of aliphatic carboxylic acids is 1. The van der Waals surface area contributed by atoms with E-state index in [-0.39, 0.29) is 6.42 Å². The van der Waals surface area contributed by atoms with Gasteiger partial charge in [0.25, 0.3) is 0 Å². The van der Waals surface area contributed by atoms with Gasteiger partial charge in [-0.15, -0.1) is 0 Å². The predicted molar refractivity (Wildman–Crippen MR) is 85.9 cm³/mol. The van der Waals surface area contributed by atoms with Gasteiger partial charge in [0, 0.05) is 32.7 Å². The van der Waals surface area contributed by atoms with E-state index in [1.165, 1.54) is 9.87 Å². The van der Waals surface area contributed by atoms with Gasteiger partial charge in [0.15, 0.2) is 0 Å². The SMILES string of the molecule is O=C(O)CCN1CCN(S(=O)(=O)c2ccc3c(c2)CCC3)CC1. The van der Waals surface area contributed by atoms with Gasteiger partial charge in [-0.1, -0.05) is 6.07 Å². The number of fused-ring (bicyclic) bond motifs is 1. The molecular weight excluding hydrogens is 316 g/mol. The van der Waals surface area contributed by atoms with Crippen LogP contribution in [0.5, 0.6) is 0 Å². The van der Waals surface area contributed by atoms with Gasteiger partial charge in [-0.25, -0.2) is 8.42 Å². The summed E-state index contributed by atoms with van der Waals surface area (Å²) in [7, 11) is -3.45. The highest BCUT2D eigenvalue weighted by molar-refractivity contribution is 7.89. The van der Waals surface area contributed by atoms with Gasteiger partial charge in [0.2, 0.25) is 10.0 Å². The molecule has 3 rings (SSSR count). The van der Waals surface area contributed by atoms with Crippen LogP contribution in [-0.2, 0) is 27.7 Å². The van der Waals surface area contributed by atoms with Gasteiger partial charge >= 0.3 is 5.97 Å². The van der Waals surface area contributed by atoms with Crippen molar-refractivity contribution in [2.75, 3.05) is 32.7 Å². The molecule has 2 aliphatic rings. The third kappa shape index (κ3) is 3.57. The number of nitrogens with zero attached hydrogens (tertiary/aromatic N) is 2. The van der Waals surface area contributed by atoms with E-state index in [0.29, 0.717) is 37.6 Å². The van der Waals surface area contributed by atoms with Crippen LogP contribution < -0.4 is 0 Å². The minimum atomic E-state index is -3.45. The van der Waals surface area contributed by atoms with Crippen molar-refractivity contribution in [3.63, 3.8) is 0 Å². The summed E-state index contributed by atoms with van der Waals surface area (Å²) in [5.41, 5.74) is 2.42. The van der Waals surface area contributed by atoms with Crippen molar-refractivity contribution < 1.29 is 18.3 Å². The van der Waals surface area contributed by atoms with Crippen LogP contribution in [0.2, 0.25) is 0 Å². The van der Waals surface area contributed by atoms with Crippen LogP contribution in [0, 0.1) is 0 Å². The van der Waals surface area contributed by atoms with Crippen molar-refractivity contribution in [1.29, 1.82) is 0 Å². The van der Waals surface area contributed by atoms with Gasteiger partial charge in [-0.05, 0) is 42.5 Å². The number of hydrogen-bond donors (Lipinski definition) is 1. The van der Waals surface area contributed by atoms with Crippen molar-refractivity contribution in [2.24, 2.45) is 0 Å². The molecule has 0 bridgehead atoms. The van der Waals surface area contributed by atoms with Crippen LogP contribution in [-0.4, -0.2) is 61.4 Å².